The first-order valence-electron chi connectivity index (χ1n) is 9.56. The third kappa shape index (κ3) is 4.03. The van der Waals surface area contributed by atoms with E-state index in [1.54, 1.807) is 5.06 Å². The molecule has 28 heavy (non-hydrogen) atoms. The van der Waals surface area contributed by atoms with Gasteiger partial charge in [0.15, 0.2) is 0 Å². The van der Waals surface area contributed by atoms with Crippen LogP contribution in [0.15, 0.2) is 54.6 Å². The van der Waals surface area contributed by atoms with Gasteiger partial charge in [0.05, 0.1) is 5.70 Å². The zero-order valence-corrected chi connectivity index (χ0v) is 16.2. The lowest BCUT2D eigenvalue weighted by Gasteiger charge is -2.35. The molecule has 6 heteroatoms. The van der Waals surface area contributed by atoms with Crippen molar-refractivity contribution in [1.82, 2.24) is 10.5 Å². The molecule has 0 unspecified atom stereocenters. The predicted molar refractivity (Wildman–Crippen MR) is 108 cm³/mol. The normalized spacial score (nSPS) is 18.4. The van der Waals surface area contributed by atoms with Gasteiger partial charge >= 0.3 is 6.09 Å². The van der Waals surface area contributed by atoms with Crippen molar-refractivity contribution in [3.8, 4) is 0 Å². The molecule has 0 bridgehead atoms. The van der Waals surface area contributed by atoms with Crippen LogP contribution in [0.2, 0.25) is 0 Å². The van der Waals surface area contributed by atoms with Gasteiger partial charge in [0.1, 0.15) is 5.60 Å². The van der Waals surface area contributed by atoms with Crippen LogP contribution < -0.4 is 10.8 Å². The molecule has 1 saturated heterocycles. The third-order valence-electron chi connectivity index (χ3n) is 5.30. The number of nitrogens with zero attached hydrogens (tertiary/aromatic N) is 1. The van der Waals surface area contributed by atoms with E-state index in [2.05, 4.69) is 48.1 Å². The van der Waals surface area contributed by atoms with Crippen molar-refractivity contribution in [1.29, 1.82) is 0 Å². The van der Waals surface area contributed by atoms with Gasteiger partial charge in [-0.15, -0.1) is 5.06 Å². The lowest BCUT2D eigenvalue weighted by Crippen LogP contribution is -2.45. The number of anilines is 1. The Kier molecular flexibility index (Phi) is 5.07. The van der Waals surface area contributed by atoms with Gasteiger partial charge in [-0.25, -0.2) is 4.79 Å². The fourth-order valence-corrected chi connectivity index (χ4v) is 3.52. The highest BCUT2D eigenvalue weighted by Gasteiger charge is 2.39. The Labute approximate surface area is 165 Å². The highest BCUT2D eigenvalue weighted by atomic mass is 16.7. The lowest BCUT2D eigenvalue weighted by atomic mass is 9.91. The number of benzene rings is 2. The quantitative estimate of drug-likeness (QED) is 0.838. The van der Waals surface area contributed by atoms with E-state index in [0.717, 1.165) is 35.4 Å². The molecule has 0 saturated carbocycles. The molecule has 1 fully saturated rings. The van der Waals surface area contributed by atoms with Crippen LogP contribution in [0.5, 0.6) is 0 Å². The maximum Gasteiger partial charge on any atom is 0.430 e. The van der Waals surface area contributed by atoms with E-state index in [9.17, 15) is 4.79 Å². The van der Waals surface area contributed by atoms with Crippen LogP contribution in [-0.4, -0.2) is 29.8 Å². The number of rotatable bonds is 3. The van der Waals surface area contributed by atoms with Crippen LogP contribution in [-0.2, 0) is 9.68 Å². The molecule has 2 aromatic rings. The summed E-state index contributed by atoms with van der Waals surface area (Å²) in [5.74, 6) is 0. The molecule has 2 aliphatic rings. The van der Waals surface area contributed by atoms with E-state index in [0.29, 0.717) is 13.1 Å². The number of amides is 1. The first kappa shape index (κ1) is 18.5. The molecule has 2 aromatic carbocycles. The summed E-state index contributed by atoms with van der Waals surface area (Å²) in [5.41, 5.74) is 7.80. The Hall–Kier alpha value is -2.83. The van der Waals surface area contributed by atoms with Gasteiger partial charge in [0, 0.05) is 18.8 Å². The summed E-state index contributed by atoms with van der Waals surface area (Å²) in [5, 5.41) is 4.49. The van der Waals surface area contributed by atoms with E-state index in [-0.39, 0.29) is 5.60 Å². The Balaban J connectivity index is 1.33. The third-order valence-corrected chi connectivity index (χ3v) is 5.30. The average Bonchev–Trinajstić information content (AvgIpc) is 3.10. The topological polar surface area (TPSA) is 62.8 Å². The van der Waals surface area contributed by atoms with Gasteiger partial charge < -0.3 is 4.84 Å². The summed E-state index contributed by atoms with van der Waals surface area (Å²) in [6.07, 6.45) is 3.18. The van der Waals surface area contributed by atoms with E-state index in [4.69, 9.17) is 9.68 Å². The maximum absolute atomic E-state index is 12.2. The van der Waals surface area contributed by atoms with Crippen LogP contribution in [0.25, 0.3) is 5.70 Å². The van der Waals surface area contributed by atoms with Gasteiger partial charge in [-0.05, 0) is 50.0 Å². The smallest absolute Gasteiger partial charge is 0.351 e. The van der Waals surface area contributed by atoms with Crippen molar-refractivity contribution in [2.24, 2.45) is 0 Å². The predicted octanol–water partition coefficient (Wildman–Crippen LogP) is 4.18. The average molecular weight is 379 g/mol. The monoisotopic (exact) mass is 379 g/mol. The number of hydrogen-bond donors (Lipinski definition) is 2. The van der Waals surface area contributed by atoms with Gasteiger partial charge in [-0.2, -0.15) is 0 Å². The van der Waals surface area contributed by atoms with Crippen molar-refractivity contribution in [2.75, 3.05) is 18.4 Å². The Bertz CT molecular complexity index is 884. The van der Waals surface area contributed by atoms with E-state index < -0.39 is 6.09 Å². The second kappa shape index (κ2) is 7.66. The van der Waals surface area contributed by atoms with Crippen LogP contribution in [0.3, 0.4) is 0 Å². The molecule has 0 radical (unpaired) electrons. The van der Waals surface area contributed by atoms with E-state index >= 15 is 0 Å². The second-order valence-electron chi connectivity index (χ2n) is 7.44. The summed E-state index contributed by atoms with van der Waals surface area (Å²) in [4.78, 5) is 23.6. The summed E-state index contributed by atoms with van der Waals surface area (Å²) < 4.78 is 0. The van der Waals surface area contributed by atoms with Crippen molar-refractivity contribution in [3.05, 3.63) is 71.3 Å². The van der Waals surface area contributed by atoms with E-state index in [1.807, 2.05) is 31.2 Å². The Morgan fingerprint density at radius 2 is 1.82 bits per heavy atom. The molecule has 0 aliphatic carbocycles. The molecular formula is C22H25N3O3. The lowest BCUT2D eigenvalue weighted by molar-refractivity contribution is -0.153. The minimum absolute atomic E-state index is 0.355. The van der Waals surface area contributed by atoms with Crippen molar-refractivity contribution in [2.45, 2.75) is 32.3 Å². The number of carbonyl (C=O) groups is 1. The highest BCUT2D eigenvalue weighted by Crippen LogP contribution is 2.34. The molecule has 1 spiro atoms. The van der Waals surface area contributed by atoms with Crippen molar-refractivity contribution < 1.29 is 14.5 Å². The molecular weight excluding hydrogens is 354 g/mol. The molecule has 2 heterocycles. The summed E-state index contributed by atoms with van der Waals surface area (Å²) in [6.45, 7) is 5.24. The Morgan fingerprint density at radius 1 is 1.11 bits per heavy atom. The first-order chi connectivity index (χ1) is 13.5. The van der Waals surface area contributed by atoms with Gasteiger partial charge in [0.2, 0.25) is 0 Å². The number of hydrogen-bond acceptors (Lipinski definition) is 5. The zero-order chi connectivity index (χ0) is 19.6. The maximum atomic E-state index is 12.2. The standard InChI is InChI=1S/C22H25N3O3/c1-16-7-9-18(10-8-16)20-15-22(28-24-20)11-13-25(14-12-22)27-21(26)23-19-6-4-3-5-17(19)2/h3-10,15,24H,11-14H2,1-2H3,(H,23,26). The molecule has 2 aliphatic heterocycles. The van der Waals surface area contributed by atoms with Crippen LogP contribution in [0, 0.1) is 13.8 Å². The van der Waals surface area contributed by atoms with E-state index in [1.165, 1.54) is 5.56 Å². The summed E-state index contributed by atoms with van der Waals surface area (Å²) in [6, 6.07) is 16.0. The SMILES string of the molecule is Cc1ccc(C2=CC3(CCN(OC(=O)Nc4ccccc4C)CC3)ON2)cc1. The minimum Gasteiger partial charge on any atom is -0.351 e. The molecule has 1 amide bonds. The largest absolute Gasteiger partial charge is 0.430 e. The second-order valence-corrected chi connectivity index (χ2v) is 7.44. The number of aryl methyl sites for hydroxylation is 2. The van der Waals surface area contributed by atoms with Crippen molar-refractivity contribution in [3.63, 3.8) is 0 Å². The minimum atomic E-state index is -0.466. The molecule has 0 aromatic heterocycles. The molecule has 2 N–H and O–H groups in total. The first-order valence-corrected chi connectivity index (χ1v) is 9.56. The van der Waals surface area contributed by atoms with Crippen molar-refractivity contribution >= 4 is 17.5 Å². The highest BCUT2D eigenvalue weighted by molar-refractivity contribution is 5.85. The molecule has 4 rings (SSSR count). The number of piperidine rings is 1. The summed E-state index contributed by atoms with van der Waals surface area (Å²) >= 11 is 0. The van der Waals surface area contributed by atoms with Gasteiger partial charge in [0.25, 0.3) is 0 Å². The van der Waals surface area contributed by atoms with Crippen LogP contribution in [0.4, 0.5) is 10.5 Å². The van der Waals surface area contributed by atoms with Crippen LogP contribution >= 0.6 is 0 Å². The number of carbonyl (C=O) groups excluding carboxylic acids is 1. The summed E-state index contributed by atoms with van der Waals surface area (Å²) in [7, 11) is 0. The van der Waals surface area contributed by atoms with Gasteiger partial charge in [-0.1, -0.05) is 48.0 Å². The van der Waals surface area contributed by atoms with Crippen LogP contribution in [0.1, 0.15) is 29.5 Å². The van der Waals surface area contributed by atoms with Gasteiger partial charge in [-0.3, -0.25) is 15.6 Å². The zero-order valence-electron chi connectivity index (χ0n) is 16.2. The fourth-order valence-electron chi connectivity index (χ4n) is 3.52. The molecule has 0 atom stereocenters. The fraction of sp³-hybridized carbons (Fsp3) is 0.318. The number of hydroxylamine groups is 3. The number of para-hydroxylation sites is 1. The molecule has 146 valence electrons. The molecule has 6 nitrogen and oxygen atoms in total. The Morgan fingerprint density at radius 3 is 2.54 bits per heavy atom. The number of nitrogens with one attached hydrogen (secondary N) is 2.